The van der Waals surface area contributed by atoms with E-state index >= 15 is 0 Å². The van der Waals surface area contributed by atoms with Crippen molar-refractivity contribution in [1.29, 1.82) is 0 Å². The fourth-order valence-corrected chi connectivity index (χ4v) is 6.94. The van der Waals surface area contributed by atoms with Crippen LogP contribution in [0.1, 0.15) is 5.56 Å². The summed E-state index contributed by atoms with van der Waals surface area (Å²) in [4.78, 5) is -2.07. The van der Waals surface area contributed by atoms with Gasteiger partial charge in [0.2, 0.25) is 0 Å². The third-order valence-corrected chi connectivity index (χ3v) is 9.58. The lowest BCUT2D eigenvalue weighted by Crippen LogP contribution is -2.03. The molecule has 0 radical (unpaired) electrons. The number of hydrogen-bond acceptors (Lipinski definition) is 13. The van der Waals surface area contributed by atoms with Crippen molar-refractivity contribution in [2.75, 3.05) is 12.8 Å². The van der Waals surface area contributed by atoms with E-state index < -0.39 is 56.5 Å². The van der Waals surface area contributed by atoms with Crippen molar-refractivity contribution in [3.63, 3.8) is 0 Å². The Hall–Kier alpha value is -5.05. The minimum atomic E-state index is -4.99. The number of phenolic OH excluding ortho intramolecular Hbond substituents is 1. The molecule has 0 spiro atoms. The molecule has 0 saturated carbocycles. The number of nitrogens with two attached hydrogens (primary N) is 1. The molecule has 6 N–H and O–H groups in total. The molecule has 5 rings (SSSR count). The van der Waals surface area contributed by atoms with Crippen LogP contribution >= 0.6 is 0 Å². The number of nitrogens with zero attached hydrogens (tertiary/aromatic N) is 4. The number of benzene rings is 5. The van der Waals surface area contributed by atoms with Gasteiger partial charge >= 0.3 is 0 Å². The van der Waals surface area contributed by atoms with E-state index in [-0.39, 0.29) is 50.0 Å². The van der Waals surface area contributed by atoms with Crippen LogP contribution in [-0.2, 0) is 30.4 Å². The van der Waals surface area contributed by atoms with Gasteiger partial charge in [0.1, 0.15) is 37.5 Å². The van der Waals surface area contributed by atoms with Gasteiger partial charge in [-0.1, -0.05) is 18.2 Å². The minimum Gasteiger partial charge on any atom is -0.505 e. The van der Waals surface area contributed by atoms with E-state index in [2.05, 4.69) is 20.5 Å². The van der Waals surface area contributed by atoms with Gasteiger partial charge in [-0.25, -0.2) is 0 Å². The van der Waals surface area contributed by atoms with Gasteiger partial charge in [-0.3, -0.25) is 13.7 Å². The van der Waals surface area contributed by atoms with E-state index in [1.165, 1.54) is 55.6 Å². The maximum Gasteiger partial charge on any atom is 0.297 e. The monoisotopic (exact) mass is 701 g/mol. The van der Waals surface area contributed by atoms with E-state index in [0.717, 1.165) is 18.2 Å². The van der Waals surface area contributed by atoms with E-state index in [1.54, 1.807) is 6.92 Å². The summed E-state index contributed by atoms with van der Waals surface area (Å²) in [5.41, 5.74) is 5.65. The normalized spacial score (nSPS) is 12.9. The number of azo groups is 2. The van der Waals surface area contributed by atoms with Crippen LogP contribution < -0.4 is 10.5 Å². The third kappa shape index (κ3) is 6.61. The molecule has 0 bridgehead atoms. The van der Waals surface area contributed by atoms with E-state index in [4.69, 9.17) is 10.5 Å². The highest BCUT2D eigenvalue weighted by Crippen LogP contribution is 2.44. The zero-order valence-corrected chi connectivity index (χ0v) is 26.5. The second-order valence-electron chi connectivity index (χ2n) is 9.95. The van der Waals surface area contributed by atoms with Crippen LogP contribution in [0.2, 0.25) is 0 Å². The van der Waals surface area contributed by atoms with Gasteiger partial charge in [0.15, 0.2) is 5.75 Å². The first kappa shape index (κ1) is 33.3. The average molecular weight is 702 g/mol. The van der Waals surface area contributed by atoms with Crippen LogP contribution in [-0.4, -0.2) is 51.1 Å². The number of rotatable bonds is 8. The van der Waals surface area contributed by atoms with Gasteiger partial charge in [-0.15, -0.1) is 15.3 Å². The van der Waals surface area contributed by atoms with Gasteiger partial charge < -0.3 is 15.6 Å². The Bertz CT molecular complexity index is 2520. The summed E-state index contributed by atoms with van der Waals surface area (Å²) in [5, 5.41) is 26.8. The average Bonchev–Trinajstić information content (AvgIpc) is 2.97. The Morgan fingerprint density at radius 1 is 0.660 bits per heavy atom. The number of hydrogen-bond donors (Lipinski definition) is 5. The molecular formula is C28H23N5O11S3. The summed E-state index contributed by atoms with van der Waals surface area (Å²) < 4.78 is 107. The van der Waals surface area contributed by atoms with Gasteiger partial charge in [-0.2, -0.15) is 30.4 Å². The smallest absolute Gasteiger partial charge is 0.297 e. The van der Waals surface area contributed by atoms with Crippen molar-refractivity contribution in [3.05, 3.63) is 72.3 Å². The van der Waals surface area contributed by atoms with Crippen LogP contribution in [0.5, 0.6) is 11.5 Å². The highest BCUT2D eigenvalue weighted by molar-refractivity contribution is 7.86. The molecule has 5 aromatic carbocycles. The number of methoxy groups -OCH3 is 1. The van der Waals surface area contributed by atoms with Crippen LogP contribution in [0.3, 0.4) is 0 Å². The molecule has 19 heteroatoms. The summed E-state index contributed by atoms with van der Waals surface area (Å²) in [6.45, 7) is 1.57. The molecule has 0 aliphatic rings. The fourth-order valence-electron chi connectivity index (χ4n) is 4.75. The molecule has 0 saturated heterocycles. The topological polar surface area (TPSA) is 268 Å². The van der Waals surface area contributed by atoms with Crippen LogP contribution in [0, 0.1) is 6.92 Å². The molecular weight excluding hydrogens is 679 g/mol. The second kappa shape index (κ2) is 12.0. The maximum atomic E-state index is 12.4. The lowest BCUT2D eigenvalue weighted by atomic mass is 10.1. The molecule has 0 aliphatic carbocycles. The van der Waals surface area contributed by atoms with E-state index in [0.29, 0.717) is 5.56 Å². The SMILES string of the molecule is COc1cc(N=Nc2ccc3c(S(=O)(=O)O)cccc3c2S(=O)(=O)O)c(C)cc1N=Nc1c(S(=O)(=O)O)cc2cc(N)ccc2c1O. The van der Waals surface area contributed by atoms with Crippen molar-refractivity contribution in [2.45, 2.75) is 21.6 Å². The largest absolute Gasteiger partial charge is 0.505 e. The van der Waals surface area contributed by atoms with Crippen molar-refractivity contribution >= 4 is 80.3 Å². The second-order valence-corrected chi connectivity index (χ2v) is 14.1. The zero-order valence-electron chi connectivity index (χ0n) is 24.1. The number of aryl methyl sites for hydroxylation is 1. The van der Waals surface area contributed by atoms with Crippen LogP contribution in [0.25, 0.3) is 21.5 Å². The van der Waals surface area contributed by atoms with Gasteiger partial charge in [0.05, 0.1) is 12.8 Å². The molecule has 47 heavy (non-hydrogen) atoms. The predicted molar refractivity (Wildman–Crippen MR) is 169 cm³/mol. The molecule has 0 unspecified atom stereocenters. The summed E-state index contributed by atoms with van der Waals surface area (Å²) in [7, 11) is -13.3. The molecule has 0 atom stereocenters. The number of nitrogen functional groups attached to an aromatic ring is 1. The lowest BCUT2D eigenvalue weighted by molar-refractivity contribution is 0.416. The molecule has 0 aliphatic heterocycles. The molecule has 0 heterocycles. The Balaban J connectivity index is 1.59. The van der Waals surface area contributed by atoms with Gasteiger partial charge in [0, 0.05) is 27.9 Å². The number of anilines is 1. The molecule has 0 amide bonds. The summed E-state index contributed by atoms with van der Waals surface area (Å²) >= 11 is 0. The summed E-state index contributed by atoms with van der Waals surface area (Å²) in [5.74, 6) is -0.560. The maximum absolute atomic E-state index is 12.4. The van der Waals surface area contributed by atoms with Crippen molar-refractivity contribution in [1.82, 2.24) is 0 Å². The van der Waals surface area contributed by atoms with Gasteiger partial charge in [-0.05, 0) is 60.3 Å². The number of fused-ring (bicyclic) bond motifs is 2. The number of aromatic hydroxyl groups is 1. The molecule has 0 aromatic heterocycles. The Labute approximate surface area is 267 Å². The Kier molecular flexibility index (Phi) is 8.47. The first-order valence-electron chi connectivity index (χ1n) is 13.0. The van der Waals surface area contributed by atoms with E-state index in [9.17, 15) is 44.0 Å². The fraction of sp³-hybridized carbons (Fsp3) is 0.0714. The lowest BCUT2D eigenvalue weighted by Gasteiger charge is -2.11. The summed E-state index contributed by atoms with van der Waals surface area (Å²) in [6, 6.07) is 13.9. The predicted octanol–water partition coefficient (Wildman–Crippen LogP) is 6.17. The Morgan fingerprint density at radius 3 is 1.94 bits per heavy atom. The molecule has 5 aromatic rings. The molecule has 244 valence electrons. The quantitative estimate of drug-likeness (QED) is 0.0690. The minimum absolute atomic E-state index is 0.0288. The third-order valence-electron chi connectivity index (χ3n) is 6.86. The first-order chi connectivity index (χ1) is 21.9. The standard InChI is InChI=1S/C28H23N5O11S3/c1-14-10-22(32-33-26-25(46(38,39)40)12-15-11-16(29)6-7-17(15)27(26)34)23(44-2)13-21(14)31-30-20-9-8-18-19(28(20)47(41,42)43)4-3-5-24(18)45(35,36)37/h3-13,34H,29H2,1-2H3,(H,35,36,37)(H,38,39,40)(H,41,42,43). The molecule has 0 fully saturated rings. The van der Waals surface area contributed by atoms with Crippen molar-refractivity contribution in [3.8, 4) is 11.5 Å². The van der Waals surface area contributed by atoms with Crippen LogP contribution in [0.4, 0.5) is 28.4 Å². The van der Waals surface area contributed by atoms with E-state index in [1.807, 2.05) is 0 Å². The number of phenols is 1. The number of ether oxygens (including phenoxy) is 1. The highest BCUT2D eigenvalue weighted by Gasteiger charge is 2.24. The highest BCUT2D eigenvalue weighted by atomic mass is 32.2. The van der Waals surface area contributed by atoms with Crippen molar-refractivity contribution < 1.29 is 48.8 Å². The van der Waals surface area contributed by atoms with Gasteiger partial charge in [0.25, 0.3) is 30.4 Å². The Morgan fingerprint density at radius 2 is 1.30 bits per heavy atom. The zero-order chi connectivity index (χ0) is 34.5. The first-order valence-corrected chi connectivity index (χ1v) is 17.3. The summed E-state index contributed by atoms with van der Waals surface area (Å²) in [6.07, 6.45) is 0. The van der Waals surface area contributed by atoms with Crippen molar-refractivity contribution in [2.24, 2.45) is 20.5 Å². The molecule has 16 nitrogen and oxygen atoms in total. The van der Waals surface area contributed by atoms with Crippen LogP contribution in [0.15, 0.2) is 102 Å².